The predicted molar refractivity (Wildman–Crippen MR) is 89.3 cm³/mol. The minimum Gasteiger partial charge on any atom is -0.383 e. The summed E-state index contributed by atoms with van der Waals surface area (Å²) >= 11 is 0. The van der Waals surface area contributed by atoms with E-state index in [-0.39, 0.29) is 24.8 Å². The molecule has 0 saturated heterocycles. The number of hydrogen-bond acceptors (Lipinski definition) is 4. The van der Waals surface area contributed by atoms with E-state index in [1.165, 1.54) is 24.3 Å². The number of rotatable bonds is 9. The molecule has 0 unspecified atom stereocenters. The summed E-state index contributed by atoms with van der Waals surface area (Å²) < 4.78 is 19.7. The van der Waals surface area contributed by atoms with Gasteiger partial charge in [0.05, 0.1) is 25.2 Å². The molecular formula is C17H21FN4O3. The summed E-state index contributed by atoms with van der Waals surface area (Å²) in [5.41, 5.74) is 1.23. The zero-order valence-electron chi connectivity index (χ0n) is 14.0. The van der Waals surface area contributed by atoms with Crippen LogP contribution in [0.5, 0.6) is 0 Å². The number of methoxy groups -OCH3 is 1. The van der Waals surface area contributed by atoms with Crippen molar-refractivity contribution in [3.05, 3.63) is 53.9 Å². The Balaban J connectivity index is 1.69. The predicted octanol–water partition coefficient (Wildman–Crippen LogP) is 1.10. The lowest BCUT2D eigenvalue weighted by atomic mass is 10.2. The number of halogens is 1. The van der Waals surface area contributed by atoms with Gasteiger partial charge in [-0.15, -0.1) is 0 Å². The molecule has 0 atom stereocenters. The van der Waals surface area contributed by atoms with Crippen LogP contribution in [-0.2, 0) is 22.6 Å². The average Bonchev–Trinajstić information content (AvgIpc) is 3.06. The molecule has 0 aliphatic carbocycles. The van der Waals surface area contributed by atoms with Crippen LogP contribution in [0.2, 0.25) is 0 Å². The van der Waals surface area contributed by atoms with E-state index in [0.29, 0.717) is 25.3 Å². The van der Waals surface area contributed by atoms with E-state index in [4.69, 9.17) is 4.74 Å². The van der Waals surface area contributed by atoms with E-state index >= 15 is 0 Å². The number of nitrogens with zero attached hydrogens (tertiary/aromatic N) is 2. The SMILES string of the molecule is COCCn1cncc1CNC(=O)CCNC(=O)c1ccc(F)cc1. The van der Waals surface area contributed by atoms with Gasteiger partial charge in [0.15, 0.2) is 0 Å². The van der Waals surface area contributed by atoms with E-state index in [2.05, 4.69) is 15.6 Å². The van der Waals surface area contributed by atoms with Crippen molar-refractivity contribution >= 4 is 11.8 Å². The quantitative estimate of drug-likeness (QED) is 0.711. The molecule has 0 spiro atoms. The van der Waals surface area contributed by atoms with Gasteiger partial charge in [-0.05, 0) is 24.3 Å². The van der Waals surface area contributed by atoms with Gasteiger partial charge in [0, 0.05) is 38.4 Å². The number of amides is 2. The normalized spacial score (nSPS) is 10.5. The molecule has 25 heavy (non-hydrogen) atoms. The number of hydrogen-bond donors (Lipinski definition) is 2. The Hall–Kier alpha value is -2.74. The minimum atomic E-state index is -0.402. The minimum absolute atomic E-state index is 0.152. The van der Waals surface area contributed by atoms with Crippen molar-refractivity contribution in [1.82, 2.24) is 20.2 Å². The summed E-state index contributed by atoms with van der Waals surface area (Å²) in [5.74, 6) is -0.926. The van der Waals surface area contributed by atoms with Crippen LogP contribution in [0, 0.1) is 5.82 Å². The van der Waals surface area contributed by atoms with Gasteiger partial charge < -0.3 is 19.9 Å². The summed E-state index contributed by atoms with van der Waals surface area (Å²) in [6.45, 7) is 1.78. The van der Waals surface area contributed by atoms with Crippen molar-refractivity contribution in [2.75, 3.05) is 20.3 Å². The molecule has 0 saturated carbocycles. The Bertz CT molecular complexity index is 700. The first kappa shape index (κ1) is 18.6. The first-order valence-electron chi connectivity index (χ1n) is 7.88. The van der Waals surface area contributed by atoms with Gasteiger partial charge in [0.1, 0.15) is 5.82 Å². The molecule has 0 radical (unpaired) electrons. The van der Waals surface area contributed by atoms with E-state index in [9.17, 15) is 14.0 Å². The third-order valence-electron chi connectivity index (χ3n) is 3.55. The molecule has 1 aromatic heterocycles. The molecule has 0 aliphatic rings. The Labute approximate surface area is 145 Å². The summed E-state index contributed by atoms with van der Waals surface area (Å²) in [6.07, 6.45) is 3.52. The number of carbonyl (C=O) groups excluding carboxylic acids is 2. The average molecular weight is 348 g/mol. The molecule has 8 heteroatoms. The summed E-state index contributed by atoms with van der Waals surface area (Å²) in [6, 6.07) is 5.22. The number of imidazole rings is 1. The maximum atomic E-state index is 12.8. The largest absolute Gasteiger partial charge is 0.383 e. The van der Waals surface area contributed by atoms with Crippen LogP contribution in [0.1, 0.15) is 22.5 Å². The van der Waals surface area contributed by atoms with Crippen molar-refractivity contribution in [3.8, 4) is 0 Å². The van der Waals surface area contributed by atoms with Gasteiger partial charge in [-0.1, -0.05) is 0 Å². The highest BCUT2D eigenvalue weighted by atomic mass is 19.1. The van der Waals surface area contributed by atoms with E-state index in [1.807, 2.05) is 4.57 Å². The molecule has 2 rings (SSSR count). The van der Waals surface area contributed by atoms with Crippen molar-refractivity contribution in [1.29, 1.82) is 0 Å². The number of carbonyl (C=O) groups is 2. The maximum absolute atomic E-state index is 12.8. The van der Waals surface area contributed by atoms with Crippen molar-refractivity contribution < 1.29 is 18.7 Å². The van der Waals surface area contributed by atoms with E-state index in [0.717, 1.165) is 5.69 Å². The van der Waals surface area contributed by atoms with Crippen molar-refractivity contribution in [3.63, 3.8) is 0 Å². The standard InChI is InChI=1S/C17H21FN4O3/c1-25-9-8-22-12-19-10-15(22)11-21-16(23)6-7-20-17(24)13-2-4-14(18)5-3-13/h2-5,10,12H,6-9,11H2,1H3,(H,20,24)(H,21,23). The molecular weight excluding hydrogens is 327 g/mol. The smallest absolute Gasteiger partial charge is 0.251 e. The monoisotopic (exact) mass is 348 g/mol. The van der Waals surface area contributed by atoms with Crippen LogP contribution < -0.4 is 10.6 Å². The second-order valence-corrected chi connectivity index (χ2v) is 5.36. The third kappa shape index (κ3) is 6.00. The Morgan fingerprint density at radius 3 is 2.72 bits per heavy atom. The van der Waals surface area contributed by atoms with Crippen LogP contribution in [0.3, 0.4) is 0 Å². The van der Waals surface area contributed by atoms with Crippen molar-refractivity contribution in [2.45, 2.75) is 19.5 Å². The number of aromatic nitrogens is 2. The van der Waals surface area contributed by atoms with Crippen LogP contribution in [-0.4, -0.2) is 41.6 Å². The number of ether oxygens (including phenoxy) is 1. The zero-order chi connectivity index (χ0) is 18.1. The number of nitrogens with one attached hydrogen (secondary N) is 2. The van der Waals surface area contributed by atoms with Crippen LogP contribution >= 0.6 is 0 Å². The fourth-order valence-corrected chi connectivity index (χ4v) is 2.16. The first-order valence-corrected chi connectivity index (χ1v) is 7.88. The molecule has 0 fully saturated rings. The highest BCUT2D eigenvalue weighted by Crippen LogP contribution is 2.02. The molecule has 1 heterocycles. The molecule has 2 amide bonds. The van der Waals surface area contributed by atoms with Crippen LogP contribution in [0.25, 0.3) is 0 Å². The van der Waals surface area contributed by atoms with Gasteiger partial charge in [0.2, 0.25) is 5.91 Å². The summed E-state index contributed by atoms with van der Waals surface area (Å²) in [4.78, 5) is 27.7. The summed E-state index contributed by atoms with van der Waals surface area (Å²) in [7, 11) is 1.62. The molecule has 0 bridgehead atoms. The zero-order valence-corrected chi connectivity index (χ0v) is 14.0. The van der Waals surface area contributed by atoms with Crippen LogP contribution in [0.4, 0.5) is 4.39 Å². The van der Waals surface area contributed by atoms with Crippen LogP contribution in [0.15, 0.2) is 36.8 Å². The highest BCUT2D eigenvalue weighted by Gasteiger charge is 2.08. The molecule has 7 nitrogen and oxygen atoms in total. The van der Waals surface area contributed by atoms with Gasteiger partial charge >= 0.3 is 0 Å². The van der Waals surface area contributed by atoms with Gasteiger partial charge in [-0.3, -0.25) is 9.59 Å². The van der Waals surface area contributed by atoms with Gasteiger partial charge in [-0.25, -0.2) is 9.37 Å². The Kier molecular flexibility index (Phi) is 7.09. The molecule has 1 aromatic carbocycles. The highest BCUT2D eigenvalue weighted by molar-refractivity contribution is 5.94. The second kappa shape index (κ2) is 9.53. The topological polar surface area (TPSA) is 85.2 Å². The van der Waals surface area contributed by atoms with Crippen molar-refractivity contribution in [2.24, 2.45) is 0 Å². The second-order valence-electron chi connectivity index (χ2n) is 5.36. The Morgan fingerprint density at radius 2 is 2.00 bits per heavy atom. The fourth-order valence-electron chi connectivity index (χ4n) is 2.16. The molecule has 134 valence electrons. The maximum Gasteiger partial charge on any atom is 0.251 e. The first-order chi connectivity index (χ1) is 12.1. The Morgan fingerprint density at radius 1 is 1.24 bits per heavy atom. The van der Waals surface area contributed by atoms with Gasteiger partial charge in [0.25, 0.3) is 5.91 Å². The lowest BCUT2D eigenvalue weighted by Gasteiger charge is -2.09. The fraction of sp³-hybridized carbons (Fsp3) is 0.353. The summed E-state index contributed by atoms with van der Waals surface area (Å²) in [5, 5.41) is 5.41. The lowest BCUT2D eigenvalue weighted by molar-refractivity contribution is -0.121. The molecule has 0 aliphatic heterocycles. The van der Waals surface area contributed by atoms with Gasteiger partial charge in [-0.2, -0.15) is 0 Å². The van der Waals surface area contributed by atoms with E-state index < -0.39 is 5.82 Å². The third-order valence-corrected chi connectivity index (χ3v) is 3.55. The molecule has 2 N–H and O–H groups in total. The number of benzene rings is 1. The lowest BCUT2D eigenvalue weighted by Crippen LogP contribution is -2.31. The molecule has 2 aromatic rings. The van der Waals surface area contributed by atoms with E-state index in [1.54, 1.807) is 19.6 Å².